The maximum absolute atomic E-state index is 6.88. The molecular formula is C24H60O14Si8. The smallest absolute Gasteiger partial charge is 0.374 e. The van der Waals surface area contributed by atoms with E-state index in [2.05, 4.69) is 0 Å². The molecule has 0 aromatic carbocycles. The van der Waals surface area contributed by atoms with Gasteiger partial charge >= 0.3 is 70.4 Å². The highest BCUT2D eigenvalue weighted by atomic mass is 28.6. The molecule has 4 bridgehead atoms. The molecule has 3 heterocycles. The second kappa shape index (κ2) is 12.4. The average molecular weight is 797 g/mol. The minimum atomic E-state index is -3.84. The van der Waals surface area contributed by atoms with Gasteiger partial charge in [0.05, 0.1) is 22.4 Å². The van der Waals surface area contributed by atoms with Crippen LogP contribution in [0.5, 0.6) is 0 Å². The summed E-state index contributed by atoms with van der Waals surface area (Å²) in [6, 6.07) is 0. The van der Waals surface area contributed by atoms with Crippen LogP contribution >= 0.6 is 0 Å². The van der Waals surface area contributed by atoms with E-state index in [4.69, 9.17) is 58.9 Å². The predicted molar refractivity (Wildman–Crippen MR) is 187 cm³/mol. The van der Waals surface area contributed by atoms with Crippen molar-refractivity contribution in [1.82, 2.24) is 0 Å². The average Bonchev–Trinajstić information content (AvgIpc) is 2.52. The summed E-state index contributed by atoms with van der Waals surface area (Å²) < 4.78 is 94.7. The maximum atomic E-state index is 6.88. The van der Waals surface area contributed by atoms with E-state index in [1.807, 2.05) is 83.1 Å². The van der Waals surface area contributed by atoms with Crippen LogP contribution in [-0.4, -0.2) is 92.8 Å². The second-order valence-electron chi connectivity index (χ2n) is 16.8. The second-order valence-corrected chi connectivity index (χ2v) is 39.6. The van der Waals surface area contributed by atoms with Crippen LogP contribution in [0.3, 0.4) is 0 Å². The van der Waals surface area contributed by atoms with Crippen molar-refractivity contribution in [1.29, 1.82) is 0 Å². The van der Waals surface area contributed by atoms with Crippen LogP contribution in [0.25, 0.3) is 0 Å². The lowest BCUT2D eigenvalue weighted by molar-refractivity contribution is -0.0357. The van der Waals surface area contributed by atoms with Crippen molar-refractivity contribution < 1.29 is 58.9 Å². The normalized spacial score (nSPS) is 45.1. The van der Waals surface area contributed by atoms with Crippen molar-refractivity contribution >= 4 is 70.4 Å². The number of rotatable bonds is 4. The standard InChI is InChI=1S/C24H60O14Si8/c1-21(2,3)25-39(13)29-40(14,26-22(4,5)6)32-44(18)35-43(17,31-39)37-45(19)33-41(15,27-23(7,8)9)30-42(16,28-24(10,11)12)34-46(20,36-45)38-44/h1-20H3/t39-,40-,41-,42-,43-,44+,45+,46-/m0/s1. The Balaban J connectivity index is 2.25. The highest BCUT2D eigenvalue weighted by Crippen LogP contribution is 2.44. The van der Waals surface area contributed by atoms with Crippen molar-refractivity contribution in [2.75, 3.05) is 0 Å². The molecule has 0 aliphatic carbocycles. The fourth-order valence-electron chi connectivity index (χ4n) is 6.09. The molecule has 0 aromatic rings. The summed E-state index contributed by atoms with van der Waals surface area (Å²) in [5, 5.41) is 0. The topological polar surface area (TPSA) is 129 Å². The van der Waals surface area contributed by atoms with Gasteiger partial charge in [-0.15, -0.1) is 0 Å². The van der Waals surface area contributed by atoms with Gasteiger partial charge in [0.1, 0.15) is 0 Å². The molecule has 0 unspecified atom stereocenters. The van der Waals surface area contributed by atoms with Gasteiger partial charge in [-0.25, -0.2) is 0 Å². The van der Waals surface area contributed by atoms with Gasteiger partial charge in [-0.2, -0.15) is 0 Å². The van der Waals surface area contributed by atoms with Crippen LogP contribution in [0, 0.1) is 0 Å². The summed E-state index contributed by atoms with van der Waals surface area (Å²) in [6.07, 6.45) is 0. The van der Waals surface area contributed by atoms with E-state index in [0.717, 1.165) is 0 Å². The van der Waals surface area contributed by atoms with Crippen LogP contribution in [-0.2, 0) is 58.9 Å². The van der Waals surface area contributed by atoms with E-state index >= 15 is 0 Å². The zero-order valence-electron chi connectivity index (χ0n) is 31.7. The molecule has 3 saturated heterocycles. The first kappa shape index (κ1) is 41.6. The Morgan fingerprint density at radius 3 is 0.543 bits per heavy atom. The van der Waals surface area contributed by atoms with Gasteiger partial charge in [-0.1, -0.05) is 0 Å². The van der Waals surface area contributed by atoms with Crippen molar-refractivity contribution in [3.8, 4) is 0 Å². The van der Waals surface area contributed by atoms with Gasteiger partial charge in [0.2, 0.25) is 0 Å². The monoisotopic (exact) mass is 796 g/mol. The molecule has 3 aliphatic heterocycles. The fourth-order valence-corrected chi connectivity index (χ4v) is 47.5. The molecule has 4 atom stereocenters. The molecule has 14 nitrogen and oxygen atoms in total. The van der Waals surface area contributed by atoms with Crippen LogP contribution in [0.2, 0.25) is 52.4 Å². The lowest BCUT2D eigenvalue weighted by atomic mass is 10.2. The molecule has 3 aliphatic rings. The van der Waals surface area contributed by atoms with Crippen molar-refractivity contribution in [2.24, 2.45) is 0 Å². The van der Waals surface area contributed by atoms with Gasteiger partial charge in [0.15, 0.2) is 0 Å². The molecule has 0 saturated carbocycles. The lowest BCUT2D eigenvalue weighted by Crippen LogP contribution is -2.80. The van der Waals surface area contributed by atoms with Crippen molar-refractivity contribution in [3.63, 3.8) is 0 Å². The highest BCUT2D eigenvalue weighted by Gasteiger charge is 2.73. The van der Waals surface area contributed by atoms with Crippen LogP contribution in [0.15, 0.2) is 0 Å². The minimum absolute atomic E-state index is 0.642. The van der Waals surface area contributed by atoms with Gasteiger partial charge in [0.25, 0.3) is 0 Å². The molecule has 0 radical (unpaired) electrons. The van der Waals surface area contributed by atoms with Gasteiger partial charge in [0, 0.05) is 52.4 Å². The maximum Gasteiger partial charge on any atom is 0.483 e. The summed E-state index contributed by atoms with van der Waals surface area (Å²) >= 11 is 0. The number of fused-ring (bicyclic) bond motifs is 4. The Bertz CT molecular complexity index is 968. The Hall–Kier alpha value is 1.18. The lowest BCUT2D eigenvalue weighted by Gasteiger charge is -2.55. The first-order valence-electron chi connectivity index (χ1n) is 15.7. The number of hydrogen-bond donors (Lipinski definition) is 0. The molecule has 46 heavy (non-hydrogen) atoms. The zero-order chi connectivity index (χ0) is 35.9. The van der Waals surface area contributed by atoms with Crippen LogP contribution in [0.1, 0.15) is 83.1 Å². The first-order valence-corrected chi connectivity index (χ1v) is 33.5. The zero-order valence-corrected chi connectivity index (χ0v) is 39.7. The van der Waals surface area contributed by atoms with E-state index < -0.39 is 92.8 Å². The van der Waals surface area contributed by atoms with E-state index in [-0.39, 0.29) is 0 Å². The third kappa shape index (κ3) is 12.2. The molecule has 3 rings (SSSR count). The fraction of sp³-hybridized carbons (Fsp3) is 1.00. The Labute approximate surface area is 286 Å². The summed E-state index contributed by atoms with van der Waals surface area (Å²) in [5.41, 5.74) is -2.57. The molecule has 0 spiro atoms. The molecule has 3 fully saturated rings. The summed E-state index contributed by atoms with van der Waals surface area (Å²) in [7, 11) is -29.9. The first-order chi connectivity index (χ1) is 19.9. The highest BCUT2D eigenvalue weighted by molar-refractivity contribution is 6.97. The van der Waals surface area contributed by atoms with Gasteiger partial charge in [-0.05, 0) is 83.1 Å². The summed E-state index contributed by atoms with van der Waals surface area (Å²) in [5.74, 6) is 0. The van der Waals surface area contributed by atoms with Crippen LogP contribution < -0.4 is 0 Å². The minimum Gasteiger partial charge on any atom is -0.374 e. The third-order valence-corrected chi connectivity index (χ3v) is 39.3. The molecule has 0 amide bonds. The Morgan fingerprint density at radius 1 is 0.261 bits per heavy atom. The van der Waals surface area contributed by atoms with Gasteiger partial charge < -0.3 is 58.9 Å². The number of hydrogen-bond acceptors (Lipinski definition) is 14. The Kier molecular flexibility index (Phi) is 11.2. The van der Waals surface area contributed by atoms with E-state index in [1.165, 1.54) is 0 Å². The van der Waals surface area contributed by atoms with Crippen LogP contribution in [0.4, 0.5) is 0 Å². The predicted octanol–water partition coefficient (Wildman–Crippen LogP) is 6.00. The molecular weight excluding hydrogens is 737 g/mol. The molecule has 22 heteroatoms. The van der Waals surface area contributed by atoms with E-state index in [9.17, 15) is 0 Å². The quantitative estimate of drug-likeness (QED) is 0.308. The molecule has 0 aromatic heterocycles. The Morgan fingerprint density at radius 2 is 0.413 bits per heavy atom. The SMILES string of the molecule is CC(C)(C)O[Si@@]1(C)O[Si@](C)(OC(C)(C)C)O[Si@]2(C)O[Si@](C)(O1)O[Si@]1(C)O[Si@@](C)(OC(C)(C)C)O[Si@](C)(OC(C)(C)C)O[Si@@](C)(O1)O2. The largest absolute Gasteiger partial charge is 0.483 e. The van der Waals surface area contributed by atoms with Crippen molar-refractivity contribution in [2.45, 2.75) is 158 Å². The van der Waals surface area contributed by atoms with Crippen molar-refractivity contribution in [3.05, 3.63) is 0 Å². The molecule has 0 N–H and O–H groups in total. The molecule has 272 valence electrons. The van der Waals surface area contributed by atoms with Gasteiger partial charge in [-0.3, -0.25) is 0 Å². The summed E-state index contributed by atoms with van der Waals surface area (Å²) in [6.45, 7) is 37.3. The van der Waals surface area contributed by atoms with E-state index in [0.29, 0.717) is 0 Å². The van der Waals surface area contributed by atoms with E-state index in [1.54, 1.807) is 52.4 Å². The third-order valence-electron chi connectivity index (χ3n) is 5.67. The summed E-state index contributed by atoms with van der Waals surface area (Å²) in [4.78, 5) is 0.